The van der Waals surface area contributed by atoms with Crippen LogP contribution in [0.2, 0.25) is 0 Å². The van der Waals surface area contributed by atoms with E-state index >= 15 is 0 Å². The second-order valence-electron chi connectivity index (χ2n) is 2.30. The molecule has 1 radical (unpaired) electrons. The van der Waals surface area contributed by atoms with Gasteiger partial charge in [-0.15, -0.1) is 0 Å². The third-order valence-electron chi connectivity index (χ3n) is 1.60. The number of allylic oxidation sites excluding steroid dienone is 1. The third kappa shape index (κ3) is 2.45. The van der Waals surface area contributed by atoms with Gasteiger partial charge >= 0.3 is 0 Å². The van der Waals surface area contributed by atoms with E-state index in [1.165, 1.54) is 5.56 Å². The Kier molecular flexibility index (Phi) is 5.49. The Morgan fingerprint density at radius 2 is 1.92 bits per heavy atom. The molecule has 1 aromatic carbocycles. The Morgan fingerprint density at radius 3 is 2.67 bits per heavy atom. The molecule has 0 unspecified atom stereocenters. The summed E-state index contributed by atoms with van der Waals surface area (Å²) in [5.74, 6) is 0.991. The quantitative estimate of drug-likeness (QED) is 0.650. The van der Waals surface area contributed by atoms with Crippen LogP contribution in [0.5, 0.6) is 5.75 Å². The van der Waals surface area contributed by atoms with E-state index < -0.39 is 0 Å². The Hall–Kier alpha value is -0.0971. The fourth-order valence-corrected chi connectivity index (χ4v) is 1.08. The maximum Gasteiger partial charge on any atom is 0.130 e. The van der Waals surface area contributed by atoms with Crippen LogP contribution in [-0.2, 0) is 43.0 Å². The van der Waals surface area contributed by atoms with Gasteiger partial charge in [-0.2, -0.15) is 0 Å². The van der Waals surface area contributed by atoms with Crippen molar-refractivity contribution in [3.8, 4) is 5.75 Å². The van der Waals surface area contributed by atoms with Gasteiger partial charge in [0.1, 0.15) is 5.75 Å². The molecular formula is C9H8CuOZn. The molecule has 0 N–H and O–H groups in total. The Morgan fingerprint density at radius 1 is 1.17 bits per heavy atom. The Bertz CT molecular complexity index is 246. The summed E-state index contributed by atoms with van der Waals surface area (Å²) in [6, 6.07) is 8.08. The minimum absolute atomic E-state index is 0. The zero-order chi connectivity index (χ0) is 6.81. The van der Waals surface area contributed by atoms with Crippen molar-refractivity contribution < 1.29 is 41.3 Å². The summed E-state index contributed by atoms with van der Waals surface area (Å²) >= 11 is 0. The molecule has 63 valence electrons. The van der Waals surface area contributed by atoms with Gasteiger partial charge in [0.25, 0.3) is 0 Å². The number of ether oxygens (including phenoxy) is 1. The average molecular weight is 261 g/mol. The van der Waals surface area contributed by atoms with Crippen molar-refractivity contribution in [3.05, 3.63) is 42.2 Å². The summed E-state index contributed by atoms with van der Waals surface area (Å²) in [7, 11) is 0. The van der Waals surface area contributed by atoms with Crippen LogP contribution in [-0.4, -0.2) is 0 Å². The van der Waals surface area contributed by atoms with E-state index in [0.29, 0.717) is 0 Å². The molecule has 0 saturated carbocycles. The van der Waals surface area contributed by atoms with Crippen LogP contribution in [0.1, 0.15) is 5.56 Å². The molecule has 12 heavy (non-hydrogen) atoms. The topological polar surface area (TPSA) is 9.23 Å². The Balaban J connectivity index is 0.000000605. The molecule has 1 nitrogen and oxygen atoms in total. The number of rotatable bonds is 0. The smallest absolute Gasteiger partial charge is 0.130 e. The van der Waals surface area contributed by atoms with Crippen molar-refractivity contribution in [2.75, 3.05) is 0 Å². The number of hydrogen-bond donors (Lipinski definition) is 0. The maximum absolute atomic E-state index is 5.24. The number of hydrogen-bond acceptors (Lipinski definition) is 1. The summed E-state index contributed by atoms with van der Waals surface area (Å²) in [4.78, 5) is 0. The minimum atomic E-state index is 0. The molecule has 1 aromatic rings. The predicted octanol–water partition coefficient (Wildman–Crippen LogP) is 2.13. The van der Waals surface area contributed by atoms with E-state index in [-0.39, 0.29) is 36.5 Å². The van der Waals surface area contributed by atoms with Gasteiger partial charge in [-0.25, -0.2) is 0 Å². The second-order valence-corrected chi connectivity index (χ2v) is 2.30. The fourth-order valence-electron chi connectivity index (χ4n) is 1.08. The van der Waals surface area contributed by atoms with Crippen LogP contribution < -0.4 is 4.74 Å². The number of para-hydroxylation sites is 1. The zero-order valence-corrected chi connectivity index (χ0v) is 10.5. The summed E-state index contributed by atoms with van der Waals surface area (Å²) in [6.45, 7) is 0. The number of fused-ring (bicyclic) bond motifs is 1. The van der Waals surface area contributed by atoms with E-state index in [0.717, 1.165) is 12.2 Å². The molecule has 0 aliphatic carbocycles. The second kappa shape index (κ2) is 5.53. The molecule has 1 aliphatic heterocycles. The van der Waals surface area contributed by atoms with Crippen LogP contribution in [0.25, 0.3) is 0 Å². The summed E-state index contributed by atoms with van der Waals surface area (Å²) < 4.78 is 5.24. The minimum Gasteiger partial charge on any atom is -0.465 e. The summed E-state index contributed by atoms with van der Waals surface area (Å²) in [5.41, 5.74) is 1.27. The van der Waals surface area contributed by atoms with Crippen molar-refractivity contribution in [2.24, 2.45) is 0 Å². The predicted molar refractivity (Wildman–Crippen MR) is 39.9 cm³/mol. The molecule has 1 heterocycles. The van der Waals surface area contributed by atoms with Gasteiger partial charge in [0.15, 0.2) is 0 Å². The van der Waals surface area contributed by atoms with E-state index in [9.17, 15) is 0 Å². The molecule has 1 aliphatic rings. The van der Waals surface area contributed by atoms with Crippen LogP contribution in [0, 0.1) is 0 Å². The van der Waals surface area contributed by atoms with Crippen molar-refractivity contribution in [3.63, 3.8) is 0 Å². The van der Waals surface area contributed by atoms with Gasteiger partial charge in [-0.3, -0.25) is 0 Å². The van der Waals surface area contributed by atoms with E-state index in [2.05, 4.69) is 6.07 Å². The van der Waals surface area contributed by atoms with Crippen LogP contribution in [0.3, 0.4) is 0 Å². The van der Waals surface area contributed by atoms with Gasteiger partial charge in [0.2, 0.25) is 0 Å². The molecule has 0 fully saturated rings. The molecule has 0 aromatic heterocycles. The maximum atomic E-state index is 5.24. The molecule has 0 spiro atoms. The molecule has 3 heteroatoms. The van der Waals surface area contributed by atoms with Gasteiger partial charge in [0.05, 0.1) is 6.26 Å². The molecule has 0 saturated heterocycles. The van der Waals surface area contributed by atoms with Crippen LogP contribution in [0.4, 0.5) is 0 Å². The Labute approximate surface area is 95.4 Å². The largest absolute Gasteiger partial charge is 0.465 e. The van der Waals surface area contributed by atoms with Crippen molar-refractivity contribution in [2.45, 2.75) is 6.42 Å². The zero-order valence-electron chi connectivity index (χ0n) is 6.59. The fraction of sp³-hybridized carbons (Fsp3) is 0.111. The molecule has 0 bridgehead atoms. The van der Waals surface area contributed by atoms with Crippen molar-refractivity contribution in [1.82, 2.24) is 0 Å². The molecule has 0 amide bonds. The third-order valence-corrected chi connectivity index (χ3v) is 1.60. The standard InChI is InChI=1S/C9H8O.Cu.Zn/c1-2-6-9-8(4-1)5-3-7-10-9;;/h1-4,6-7H,5H2;;. The van der Waals surface area contributed by atoms with Gasteiger partial charge in [-0.1, -0.05) is 18.2 Å². The molecule has 2 rings (SSSR count). The first-order chi connectivity index (χ1) is 4.97. The van der Waals surface area contributed by atoms with Gasteiger partial charge in [0, 0.05) is 36.5 Å². The van der Waals surface area contributed by atoms with Gasteiger partial charge in [-0.05, 0) is 24.1 Å². The molecule has 0 atom stereocenters. The normalized spacial score (nSPS) is 11.7. The monoisotopic (exact) mass is 259 g/mol. The first kappa shape index (κ1) is 11.9. The van der Waals surface area contributed by atoms with E-state index in [1.54, 1.807) is 6.26 Å². The van der Waals surface area contributed by atoms with Crippen molar-refractivity contribution >= 4 is 0 Å². The first-order valence-corrected chi connectivity index (χ1v) is 3.36. The van der Waals surface area contributed by atoms with Gasteiger partial charge < -0.3 is 4.74 Å². The molecular weight excluding hydrogens is 253 g/mol. The SMILES string of the molecule is C1=COc2ccccc2C1.[Cu].[Zn]. The van der Waals surface area contributed by atoms with E-state index in [1.807, 2.05) is 24.3 Å². The van der Waals surface area contributed by atoms with Crippen LogP contribution in [0.15, 0.2) is 36.6 Å². The first-order valence-electron chi connectivity index (χ1n) is 3.36. The average Bonchev–Trinajstić information content (AvgIpc) is 2.05. The van der Waals surface area contributed by atoms with Crippen molar-refractivity contribution in [1.29, 1.82) is 0 Å². The summed E-state index contributed by atoms with van der Waals surface area (Å²) in [6.07, 6.45) is 4.75. The number of benzene rings is 1. The van der Waals surface area contributed by atoms with E-state index in [4.69, 9.17) is 4.74 Å². The van der Waals surface area contributed by atoms with Crippen LogP contribution >= 0.6 is 0 Å². The summed E-state index contributed by atoms with van der Waals surface area (Å²) in [5, 5.41) is 0.